The zero-order chi connectivity index (χ0) is 20.9. The first-order valence-electron chi connectivity index (χ1n) is 10.5. The molecule has 9 nitrogen and oxygen atoms in total. The van der Waals surface area contributed by atoms with Crippen LogP contribution in [0.4, 0.5) is 10.5 Å². The Morgan fingerprint density at radius 3 is 2.73 bits per heavy atom. The minimum absolute atomic E-state index is 0.0123. The maximum absolute atomic E-state index is 12.6. The Balaban J connectivity index is 1.38. The van der Waals surface area contributed by atoms with Gasteiger partial charge in [0.05, 0.1) is 30.4 Å². The van der Waals surface area contributed by atoms with E-state index in [9.17, 15) is 9.59 Å². The standard InChI is InChI=1S/C21H29N5O4/c1-29-13-10-26-15-22-19-14-17(2-3-18(19)20(26)27)24-6-8-25(9-7-24)21(28)23-16-4-11-30-12-5-16/h2-3,14-16H,4-13H2,1H3,(H,23,28). The fraction of sp³-hybridized carbons (Fsp3) is 0.571. The molecule has 1 aromatic carbocycles. The second-order valence-electron chi connectivity index (χ2n) is 7.75. The molecule has 1 aromatic heterocycles. The van der Waals surface area contributed by atoms with Crippen LogP contribution >= 0.6 is 0 Å². The van der Waals surface area contributed by atoms with Crippen LogP contribution in [0.1, 0.15) is 12.8 Å². The van der Waals surface area contributed by atoms with E-state index in [2.05, 4.69) is 15.2 Å². The van der Waals surface area contributed by atoms with E-state index in [1.54, 1.807) is 18.0 Å². The van der Waals surface area contributed by atoms with Gasteiger partial charge in [-0.3, -0.25) is 9.36 Å². The third-order valence-corrected chi connectivity index (χ3v) is 5.83. The number of aromatic nitrogens is 2. The molecule has 3 heterocycles. The Bertz CT molecular complexity index is 933. The number of methoxy groups -OCH3 is 1. The molecule has 30 heavy (non-hydrogen) atoms. The Labute approximate surface area is 175 Å². The molecule has 2 aromatic rings. The number of hydrogen-bond acceptors (Lipinski definition) is 6. The number of piperazine rings is 1. The van der Waals surface area contributed by atoms with Crippen molar-refractivity contribution in [3.8, 4) is 0 Å². The average Bonchev–Trinajstić information content (AvgIpc) is 2.79. The van der Waals surface area contributed by atoms with Gasteiger partial charge in [-0.15, -0.1) is 0 Å². The summed E-state index contributed by atoms with van der Waals surface area (Å²) in [6, 6.07) is 5.98. The molecule has 9 heteroatoms. The number of urea groups is 1. The normalized spacial score (nSPS) is 18.0. The van der Waals surface area contributed by atoms with Crippen LogP contribution in [0.2, 0.25) is 0 Å². The van der Waals surface area contributed by atoms with Gasteiger partial charge in [-0.1, -0.05) is 0 Å². The zero-order valence-electron chi connectivity index (χ0n) is 17.4. The van der Waals surface area contributed by atoms with Gasteiger partial charge in [-0.05, 0) is 31.0 Å². The number of nitrogens with zero attached hydrogens (tertiary/aromatic N) is 4. The lowest BCUT2D eigenvalue weighted by molar-refractivity contribution is 0.0779. The number of amides is 2. The van der Waals surface area contributed by atoms with Crippen molar-refractivity contribution in [1.82, 2.24) is 19.8 Å². The lowest BCUT2D eigenvalue weighted by Gasteiger charge is -2.37. The van der Waals surface area contributed by atoms with E-state index < -0.39 is 0 Å². The molecule has 2 saturated heterocycles. The van der Waals surface area contributed by atoms with E-state index >= 15 is 0 Å². The van der Waals surface area contributed by atoms with E-state index in [1.165, 1.54) is 0 Å². The lowest BCUT2D eigenvalue weighted by atomic mass is 10.1. The molecule has 1 N–H and O–H groups in total. The number of hydrogen-bond donors (Lipinski definition) is 1. The van der Waals surface area contributed by atoms with Crippen molar-refractivity contribution in [2.45, 2.75) is 25.4 Å². The Morgan fingerprint density at radius 2 is 2.00 bits per heavy atom. The number of carbonyl (C=O) groups is 1. The van der Waals surface area contributed by atoms with E-state index in [0.29, 0.717) is 50.4 Å². The van der Waals surface area contributed by atoms with Gasteiger partial charge in [-0.25, -0.2) is 9.78 Å². The fourth-order valence-corrected chi connectivity index (χ4v) is 3.97. The highest BCUT2D eigenvalue weighted by Gasteiger charge is 2.24. The number of benzene rings is 1. The second-order valence-corrected chi connectivity index (χ2v) is 7.75. The Kier molecular flexibility index (Phi) is 6.49. The van der Waals surface area contributed by atoms with Crippen LogP contribution in [0.25, 0.3) is 10.9 Å². The van der Waals surface area contributed by atoms with Crippen LogP contribution in [-0.2, 0) is 16.0 Å². The first kappa shape index (κ1) is 20.6. The molecule has 0 spiro atoms. The summed E-state index contributed by atoms with van der Waals surface area (Å²) in [5.41, 5.74) is 1.65. The van der Waals surface area contributed by atoms with E-state index in [-0.39, 0.29) is 17.6 Å². The summed E-state index contributed by atoms with van der Waals surface area (Å²) in [4.78, 5) is 33.7. The van der Waals surface area contributed by atoms with Crippen molar-refractivity contribution < 1.29 is 14.3 Å². The van der Waals surface area contributed by atoms with Crippen molar-refractivity contribution >= 4 is 22.6 Å². The largest absolute Gasteiger partial charge is 0.383 e. The topological polar surface area (TPSA) is 88.9 Å². The molecular weight excluding hydrogens is 386 g/mol. The van der Waals surface area contributed by atoms with Gasteiger partial charge < -0.3 is 24.6 Å². The van der Waals surface area contributed by atoms with E-state index in [4.69, 9.17) is 9.47 Å². The third-order valence-electron chi connectivity index (χ3n) is 5.83. The van der Waals surface area contributed by atoms with Crippen LogP contribution in [0, 0.1) is 0 Å². The number of carbonyl (C=O) groups excluding carboxylic acids is 1. The molecule has 162 valence electrons. The molecule has 0 atom stereocenters. The van der Waals surface area contributed by atoms with Crippen LogP contribution in [-0.4, -0.2) is 79.6 Å². The van der Waals surface area contributed by atoms with Crippen molar-refractivity contribution in [2.75, 3.05) is 58.0 Å². The van der Waals surface area contributed by atoms with Gasteiger partial charge in [0.2, 0.25) is 0 Å². The maximum Gasteiger partial charge on any atom is 0.317 e. The average molecular weight is 415 g/mol. The van der Waals surface area contributed by atoms with Gasteiger partial charge >= 0.3 is 6.03 Å². The Morgan fingerprint density at radius 1 is 1.23 bits per heavy atom. The zero-order valence-corrected chi connectivity index (χ0v) is 17.4. The minimum Gasteiger partial charge on any atom is -0.383 e. The minimum atomic E-state index is -0.0572. The molecule has 0 unspecified atom stereocenters. The smallest absolute Gasteiger partial charge is 0.317 e. The summed E-state index contributed by atoms with van der Waals surface area (Å²) in [7, 11) is 1.61. The van der Waals surface area contributed by atoms with Crippen molar-refractivity contribution in [2.24, 2.45) is 0 Å². The van der Waals surface area contributed by atoms with Crippen molar-refractivity contribution in [3.63, 3.8) is 0 Å². The molecule has 4 rings (SSSR count). The first-order valence-corrected chi connectivity index (χ1v) is 10.5. The number of fused-ring (bicyclic) bond motifs is 1. The lowest BCUT2D eigenvalue weighted by Crippen LogP contribution is -2.54. The molecule has 2 fully saturated rings. The summed E-state index contributed by atoms with van der Waals surface area (Å²) in [6.45, 7) is 5.21. The highest BCUT2D eigenvalue weighted by Crippen LogP contribution is 2.20. The van der Waals surface area contributed by atoms with Gasteiger partial charge in [0, 0.05) is 58.2 Å². The van der Waals surface area contributed by atoms with Gasteiger partial charge in [-0.2, -0.15) is 0 Å². The summed E-state index contributed by atoms with van der Waals surface area (Å²) in [6.07, 6.45) is 3.33. The predicted molar refractivity (Wildman–Crippen MR) is 114 cm³/mol. The number of ether oxygens (including phenoxy) is 2. The van der Waals surface area contributed by atoms with Crippen LogP contribution < -0.4 is 15.8 Å². The summed E-state index contributed by atoms with van der Waals surface area (Å²) < 4.78 is 12.0. The summed E-state index contributed by atoms with van der Waals surface area (Å²) in [5.74, 6) is 0. The second kappa shape index (κ2) is 9.44. The molecule has 0 saturated carbocycles. The maximum atomic E-state index is 12.6. The number of nitrogens with one attached hydrogen (secondary N) is 1. The molecule has 2 aliphatic heterocycles. The van der Waals surface area contributed by atoms with E-state index in [1.807, 2.05) is 23.1 Å². The molecular formula is C21H29N5O4. The predicted octanol–water partition coefficient (Wildman–Crippen LogP) is 1.05. The molecule has 2 aliphatic rings. The highest BCUT2D eigenvalue weighted by molar-refractivity contribution is 5.81. The van der Waals surface area contributed by atoms with Gasteiger partial charge in [0.1, 0.15) is 0 Å². The molecule has 0 radical (unpaired) electrons. The van der Waals surface area contributed by atoms with E-state index in [0.717, 1.165) is 31.6 Å². The molecule has 2 amide bonds. The summed E-state index contributed by atoms with van der Waals surface area (Å²) in [5, 5.41) is 3.73. The quantitative estimate of drug-likeness (QED) is 0.785. The van der Waals surface area contributed by atoms with Crippen LogP contribution in [0.15, 0.2) is 29.3 Å². The molecule has 0 aliphatic carbocycles. The van der Waals surface area contributed by atoms with Crippen LogP contribution in [0.5, 0.6) is 0 Å². The highest BCUT2D eigenvalue weighted by atomic mass is 16.5. The Hall–Kier alpha value is -2.65. The SMILES string of the molecule is COCCn1cnc2cc(N3CCN(C(=O)NC4CCOCC4)CC3)ccc2c1=O. The van der Waals surface area contributed by atoms with Crippen molar-refractivity contribution in [3.05, 3.63) is 34.9 Å². The van der Waals surface area contributed by atoms with Gasteiger partial charge in [0.15, 0.2) is 0 Å². The van der Waals surface area contributed by atoms with Crippen molar-refractivity contribution in [1.29, 1.82) is 0 Å². The van der Waals surface area contributed by atoms with Gasteiger partial charge in [0.25, 0.3) is 5.56 Å². The number of rotatable bonds is 5. The van der Waals surface area contributed by atoms with Crippen LogP contribution in [0.3, 0.4) is 0 Å². The monoisotopic (exact) mass is 415 g/mol. The first-order chi connectivity index (χ1) is 14.7. The third kappa shape index (κ3) is 4.57. The fourth-order valence-electron chi connectivity index (χ4n) is 3.97. The summed E-state index contributed by atoms with van der Waals surface area (Å²) >= 11 is 0. The number of anilines is 1. The molecule has 0 bridgehead atoms.